The maximum Gasteiger partial charge on any atom is 0.160 e. The molecule has 0 aliphatic heterocycles. The van der Waals surface area contributed by atoms with Crippen molar-refractivity contribution in [1.82, 2.24) is 10.2 Å². The van der Waals surface area contributed by atoms with E-state index in [9.17, 15) is 0 Å². The van der Waals surface area contributed by atoms with E-state index < -0.39 is 0 Å². The number of ether oxygens (including phenoxy) is 1. The number of hydrogen-bond acceptors (Lipinski definition) is 3. The fraction of sp³-hybridized carbons (Fsp3) is 0.250. The number of nitrogens with one attached hydrogen (secondary N) is 1. The molecule has 0 bridgehead atoms. The third-order valence-electron chi connectivity index (χ3n) is 2.25. The van der Waals surface area contributed by atoms with Crippen LogP contribution in [0.15, 0.2) is 28.7 Å². The van der Waals surface area contributed by atoms with Crippen LogP contribution in [0.5, 0.6) is 5.75 Å². The predicted octanol–water partition coefficient (Wildman–Crippen LogP) is 3.21. The normalized spacial score (nSPS) is 10.8. The third-order valence-corrected chi connectivity index (χ3v) is 3.05. The number of aromatic amines is 1. The van der Waals surface area contributed by atoms with Gasteiger partial charge in [0.1, 0.15) is 5.75 Å². The summed E-state index contributed by atoms with van der Waals surface area (Å²) in [6.07, 6.45) is 0.176. The Bertz CT molecular complexity index is 505. The quantitative estimate of drug-likeness (QED) is 0.914. The highest BCUT2D eigenvalue weighted by Crippen LogP contribution is 2.31. The zero-order chi connectivity index (χ0) is 12.4. The second kappa shape index (κ2) is 4.79. The molecular weight excluding hydrogens is 282 g/mol. The Balaban J connectivity index is 2.26. The first-order valence-corrected chi connectivity index (χ1v) is 6.13. The molecule has 0 aliphatic rings. The van der Waals surface area contributed by atoms with Crippen molar-refractivity contribution in [3.05, 3.63) is 28.7 Å². The highest BCUT2D eigenvalue weighted by molar-refractivity contribution is 9.10. The number of aromatic nitrogens is 2. The van der Waals surface area contributed by atoms with Gasteiger partial charge in [-0.15, -0.1) is 0 Å². The lowest BCUT2D eigenvalue weighted by atomic mass is 10.1. The zero-order valence-electron chi connectivity index (χ0n) is 9.70. The summed E-state index contributed by atoms with van der Waals surface area (Å²) in [4.78, 5) is 0. The Morgan fingerprint density at radius 1 is 1.29 bits per heavy atom. The van der Waals surface area contributed by atoms with E-state index in [1.165, 1.54) is 0 Å². The molecule has 3 N–H and O–H groups in total. The van der Waals surface area contributed by atoms with Crippen molar-refractivity contribution in [2.75, 3.05) is 5.73 Å². The SMILES string of the molecule is CC(C)Oc1ccc(-c2[nH]nc(N)c2Br)cc1. The van der Waals surface area contributed by atoms with Crippen molar-refractivity contribution in [2.45, 2.75) is 20.0 Å². The lowest BCUT2D eigenvalue weighted by Gasteiger charge is -2.09. The van der Waals surface area contributed by atoms with Gasteiger partial charge in [0.15, 0.2) is 5.82 Å². The average molecular weight is 296 g/mol. The number of benzene rings is 1. The first kappa shape index (κ1) is 12.0. The minimum atomic E-state index is 0.176. The smallest absolute Gasteiger partial charge is 0.160 e. The molecule has 0 fully saturated rings. The molecule has 1 heterocycles. The highest BCUT2D eigenvalue weighted by Gasteiger charge is 2.09. The fourth-order valence-electron chi connectivity index (χ4n) is 1.51. The molecule has 5 heteroatoms. The van der Waals surface area contributed by atoms with Crippen LogP contribution < -0.4 is 10.5 Å². The van der Waals surface area contributed by atoms with Crippen LogP contribution in [0, 0.1) is 0 Å². The van der Waals surface area contributed by atoms with Crippen molar-refractivity contribution < 1.29 is 4.74 Å². The van der Waals surface area contributed by atoms with Crippen LogP contribution in [-0.2, 0) is 0 Å². The Labute approximate surface area is 108 Å². The molecule has 90 valence electrons. The zero-order valence-corrected chi connectivity index (χ0v) is 11.3. The molecule has 0 radical (unpaired) electrons. The van der Waals surface area contributed by atoms with Crippen molar-refractivity contribution in [1.29, 1.82) is 0 Å². The summed E-state index contributed by atoms with van der Waals surface area (Å²) in [5.74, 6) is 1.31. The van der Waals surface area contributed by atoms with Gasteiger partial charge >= 0.3 is 0 Å². The van der Waals surface area contributed by atoms with Crippen LogP contribution in [0.3, 0.4) is 0 Å². The van der Waals surface area contributed by atoms with Crippen LogP contribution in [-0.4, -0.2) is 16.3 Å². The third kappa shape index (κ3) is 2.61. The minimum absolute atomic E-state index is 0.176. The van der Waals surface area contributed by atoms with Gasteiger partial charge in [-0.3, -0.25) is 5.10 Å². The van der Waals surface area contributed by atoms with E-state index in [-0.39, 0.29) is 6.10 Å². The Kier molecular flexibility index (Phi) is 3.38. The maximum atomic E-state index is 5.66. The Morgan fingerprint density at radius 3 is 2.41 bits per heavy atom. The summed E-state index contributed by atoms with van der Waals surface area (Å²) in [5, 5.41) is 6.83. The largest absolute Gasteiger partial charge is 0.491 e. The number of nitrogens with two attached hydrogens (primary N) is 1. The number of H-pyrrole nitrogens is 1. The van der Waals surface area contributed by atoms with Crippen molar-refractivity contribution >= 4 is 21.7 Å². The summed E-state index contributed by atoms with van der Waals surface area (Å²) < 4.78 is 6.37. The van der Waals surface area contributed by atoms with E-state index in [4.69, 9.17) is 10.5 Å². The number of anilines is 1. The minimum Gasteiger partial charge on any atom is -0.491 e. The second-order valence-corrected chi connectivity index (χ2v) is 4.78. The standard InChI is InChI=1S/C12H14BrN3O/c1-7(2)17-9-5-3-8(4-6-9)11-10(13)12(14)16-15-11/h3-7H,1-2H3,(H3,14,15,16). The number of nitrogens with zero attached hydrogens (tertiary/aromatic N) is 1. The first-order valence-electron chi connectivity index (χ1n) is 5.34. The van der Waals surface area contributed by atoms with Crippen LogP contribution in [0.25, 0.3) is 11.3 Å². The molecule has 0 unspecified atom stereocenters. The summed E-state index contributed by atoms with van der Waals surface area (Å²) in [5.41, 5.74) is 7.54. The molecule has 0 aliphatic carbocycles. The van der Waals surface area contributed by atoms with Gasteiger partial charge in [0.2, 0.25) is 0 Å². The van der Waals surface area contributed by atoms with Gasteiger partial charge in [-0.05, 0) is 54.0 Å². The van der Waals surface area contributed by atoms with E-state index in [0.29, 0.717) is 5.82 Å². The fourth-order valence-corrected chi connectivity index (χ4v) is 1.91. The number of nitrogen functional groups attached to an aromatic ring is 1. The van der Waals surface area contributed by atoms with Gasteiger partial charge in [-0.1, -0.05) is 0 Å². The molecule has 2 rings (SSSR count). The lowest BCUT2D eigenvalue weighted by Crippen LogP contribution is -2.05. The first-order chi connectivity index (χ1) is 8.08. The van der Waals surface area contributed by atoms with Crippen molar-refractivity contribution in [3.63, 3.8) is 0 Å². The molecule has 0 spiro atoms. The van der Waals surface area contributed by atoms with Gasteiger partial charge in [-0.2, -0.15) is 5.10 Å². The number of hydrogen-bond donors (Lipinski definition) is 2. The number of halogens is 1. The van der Waals surface area contributed by atoms with Crippen LogP contribution in [0.4, 0.5) is 5.82 Å². The van der Waals surface area contributed by atoms with Gasteiger partial charge in [0, 0.05) is 5.56 Å². The highest BCUT2D eigenvalue weighted by atomic mass is 79.9. The van der Waals surface area contributed by atoms with Crippen molar-refractivity contribution in [2.24, 2.45) is 0 Å². The predicted molar refractivity (Wildman–Crippen MR) is 71.9 cm³/mol. The lowest BCUT2D eigenvalue weighted by molar-refractivity contribution is 0.242. The summed E-state index contributed by atoms with van der Waals surface area (Å²) in [6.45, 7) is 4.00. The molecule has 17 heavy (non-hydrogen) atoms. The molecule has 4 nitrogen and oxygen atoms in total. The summed E-state index contributed by atoms with van der Waals surface area (Å²) in [7, 11) is 0. The van der Waals surface area contributed by atoms with Crippen molar-refractivity contribution in [3.8, 4) is 17.0 Å². The van der Waals surface area contributed by atoms with E-state index >= 15 is 0 Å². The van der Waals surface area contributed by atoms with E-state index in [2.05, 4.69) is 26.1 Å². The Morgan fingerprint density at radius 2 is 1.94 bits per heavy atom. The van der Waals surface area contributed by atoms with Gasteiger partial charge in [-0.25, -0.2) is 0 Å². The molecule has 2 aromatic rings. The van der Waals surface area contributed by atoms with Gasteiger partial charge < -0.3 is 10.5 Å². The molecular formula is C12H14BrN3O. The molecule has 0 atom stereocenters. The molecule has 1 aromatic heterocycles. The van der Waals surface area contributed by atoms with Crippen LogP contribution in [0.2, 0.25) is 0 Å². The van der Waals surface area contributed by atoms with Gasteiger partial charge in [0.25, 0.3) is 0 Å². The molecule has 0 amide bonds. The summed E-state index contributed by atoms with van der Waals surface area (Å²) in [6, 6.07) is 7.79. The van der Waals surface area contributed by atoms with Crippen LogP contribution >= 0.6 is 15.9 Å². The monoisotopic (exact) mass is 295 g/mol. The maximum absolute atomic E-state index is 5.66. The Hall–Kier alpha value is -1.49. The summed E-state index contributed by atoms with van der Waals surface area (Å²) >= 11 is 3.40. The topological polar surface area (TPSA) is 63.9 Å². The average Bonchev–Trinajstić information content (AvgIpc) is 2.60. The van der Waals surface area contributed by atoms with E-state index in [0.717, 1.165) is 21.5 Å². The molecule has 1 aromatic carbocycles. The van der Waals surface area contributed by atoms with Gasteiger partial charge in [0.05, 0.1) is 16.3 Å². The second-order valence-electron chi connectivity index (χ2n) is 3.99. The van der Waals surface area contributed by atoms with E-state index in [1.807, 2.05) is 38.1 Å². The number of rotatable bonds is 3. The van der Waals surface area contributed by atoms with Crippen LogP contribution in [0.1, 0.15) is 13.8 Å². The molecule has 0 saturated carbocycles. The molecule has 0 saturated heterocycles. The van der Waals surface area contributed by atoms with E-state index in [1.54, 1.807) is 0 Å².